The second kappa shape index (κ2) is 8.30. The third-order valence-electron chi connectivity index (χ3n) is 10.5. The van der Waals surface area contributed by atoms with Gasteiger partial charge in [-0.2, -0.15) is 0 Å². The van der Waals surface area contributed by atoms with Crippen LogP contribution in [0.25, 0.3) is 0 Å². The molecular weight excluding hydrogens is 452 g/mol. The van der Waals surface area contributed by atoms with Crippen LogP contribution in [0.4, 0.5) is 0 Å². The smallest absolute Gasteiger partial charge is 0.331 e. The number of rotatable bonds is 3. The third kappa shape index (κ3) is 3.66. The van der Waals surface area contributed by atoms with Crippen molar-refractivity contribution in [1.29, 1.82) is 0 Å². The summed E-state index contributed by atoms with van der Waals surface area (Å²) in [6.07, 6.45) is 4.37. The van der Waals surface area contributed by atoms with Crippen LogP contribution in [0.15, 0.2) is 11.6 Å². The van der Waals surface area contributed by atoms with E-state index >= 15 is 0 Å². The predicted molar refractivity (Wildman–Crippen MR) is 124 cm³/mol. The summed E-state index contributed by atoms with van der Waals surface area (Å²) in [7, 11) is 0. The fraction of sp³-hybridized carbons (Fsp3) is 0.815. The number of hydrogen-bond donors (Lipinski definition) is 2. The van der Waals surface area contributed by atoms with Gasteiger partial charge < -0.3 is 24.4 Å². The molecule has 2 N–H and O–H groups in total. The number of carbonyl (C=O) groups excluding carboxylic acids is 3. The van der Waals surface area contributed by atoms with E-state index in [-0.39, 0.29) is 41.7 Å². The first-order chi connectivity index (χ1) is 16.4. The molecule has 0 aromatic carbocycles. The number of fused-ring (bicyclic) bond motifs is 5. The molecule has 5 aliphatic rings. The van der Waals surface area contributed by atoms with Crippen LogP contribution in [-0.4, -0.2) is 58.6 Å². The van der Waals surface area contributed by atoms with Crippen molar-refractivity contribution in [1.82, 2.24) is 0 Å². The number of ether oxygens (including phenoxy) is 3. The van der Waals surface area contributed by atoms with Crippen molar-refractivity contribution in [2.75, 3.05) is 6.61 Å². The zero-order valence-corrected chi connectivity index (χ0v) is 21.1. The molecule has 4 aliphatic carbocycles. The van der Waals surface area contributed by atoms with E-state index in [0.717, 1.165) is 24.8 Å². The van der Waals surface area contributed by atoms with Crippen molar-refractivity contribution in [3.8, 4) is 0 Å². The van der Waals surface area contributed by atoms with E-state index in [2.05, 4.69) is 13.8 Å². The van der Waals surface area contributed by atoms with Crippen molar-refractivity contribution >= 4 is 17.9 Å². The molecule has 4 fully saturated rings. The zero-order chi connectivity index (χ0) is 25.3. The van der Waals surface area contributed by atoms with E-state index in [9.17, 15) is 24.6 Å². The predicted octanol–water partition coefficient (Wildman–Crippen LogP) is 2.69. The minimum absolute atomic E-state index is 0.00595. The molecule has 8 heteroatoms. The largest absolute Gasteiger partial charge is 0.459 e. The first-order valence-corrected chi connectivity index (χ1v) is 13.0. The lowest BCUT2D eigenvalue weighted by molar-refractivity contribution is -0.252. The Morgan fingerprint density at radius 2 is 1.74 bits per heavy atom. The maximum atomic E-state index is 12.3. The van der Waals surface area contributed by atoms with Crippen molar-refractivity contribution in [2.24, 2.45) is 34.5 Å². The number of carbonyl (C=O) groups is 3. The summed E-state index contributed by atoms with van der Waals surface area (Å²) in [4.78, 5) is 35.4. The van der Waals surface area contributed by atoms with Gasteiger partial charge in [-0.3, -0.25) is 9.59 Å². The maximum Gasteiger partial charge on any atom is 0.331 e. The van der Waals surface area contributed by atoms with Crippen LogP contribution in [0, 0.1) is 34.5 Å². The van der Waals surface area contributed by atoms with Gasteiger partial charge in [-0.15, -0.1) is 0 Å². The molecule has 0 radical (unpaired) electrons. The van der Waals surface area contributed by atoms with Gasteiger partial charge in [0.05, 0.1) is 11.7 Å². The Labute approximate surface area is 206 Å². The Hall–Kier alpha value is -1.93. The Kier molecular flexibility index (Phi) is 5.87. The fourth-order valence-corrected chi connectivity index (χ4v) is 9.16. The molecule has 194 valence electrons. The fourth-order valence-electron chi connectivity index (χ4n) is 9.16. The van der Waals surface area contributed by atoms with Crippen LogP contribution in [0.3, 0.4) is 0 Å². The molecule has 0 saturated heterocycles. The minimum Gasteiger partial charge on any atom is -0.459 e. The molecule has 0 amide bonds. The molecule has 0 aromatic heterocycles. The first kappa shape index (κ1) is 24.8. The van der Waals surface area contributed by atoms with Crippen molar-refractivity contribution in [3.63, 3.8) is 0 Å². The van der Waals surface area contributed by atoms with Gasteiger partial charge in [-0.1, -0.05) is 13.8 Å². The topological polar surface area (TPSA) is 119 Å². The molecule has 0 bridgehead atoms. The quantitative estimate of drug-likeness (QED) is 0.458. The minimum atomic E-state index is -0.967. The highest BCUT2D eigenvalue weighted by Crippen LogP contribution is 2.70. The molecule has 5 rings (SSSR count). The summed E-state index contributed by atoms with van der Waals surface area (Å²) in [6.45, 7) is 7.22. The number of cyclic esters (lactones) is 1. The SMILES string of the molecule is CC(=O)O[C@@H]1C[C@H]2CC[C@@H]3[C@H]([C@@H](O)C[C@]4(C)[C@@H](C5=CC(=O)OC5)CC[C@]34O)[C@@]2(C)C[C@H]1OC(C)=O. The lowest BCUT2D eigenvalue weighted by atomic mass is 9.42. The molecule has 1 aliphatic heterocycles. The van der Waals surface area contributed by atoms with Gasteiger partial charge in [-0.05, 0) is 79.6 Å². The Morgan fingerprint density at radius 1 is 1.06 bits per heavy atom. The Morgan fingerprint density at radius 3 is 2.37 bits per heavy atom. The number of aliphatic hydroxyl groups excluding tert-OH is 1. The summed E-state index contributed by atoms with van der Waals surface area (Å²) >= 11 is 0. The third-order valence-corrected chi connectivity index (χ3v) is 10.5. The molecule has 8 nitrogen and oxygen atoms in total. The molecule has 1 heterocycles. The highest BCUT2D eigenvalue weighted by atomic mass is 16.6. The Bertz CT molecular complexity index is 959. The van der Waals surface area contributed by atoms with E-state index in [0.29, 0.717) is 25.7 Å². The van der Waals surface area contributed by atoms with Gasteiger partial charge in [0.15, 0.2) is 0 Å². The van der Waals surface area contributed by atoms with Crippen molar-refractivity contribution < 1.29 is 38.8 Å². The summed E-state index contributed by atoms with van der Waals surface area (Å²) in [6, 6.07) is 0. The molecule has 0 unspecified atom stereocenters. The summed E-state index contributed by atoms with van der Waals surface area (Å²) in [5.41, 5.74) is -0.970. The van der Waals surface area contributed by atoms with Crippen molar-refractivity contribution in [3.05, 3.63) is 11.6 Å². The lowest BCUT2D eigenvalue weighted by Crippen LogP contribution is -2.67. The summed E-state index contributed by atoms with van der Waals surface area (Å²) in [5.74, 6) is -1.24. The molecular formula is C27H38O8. The number of aliphatic hydroxyl groups is 2. The zero-order valence-electron chi connectivity index (χ0n) is 21.1. The number of esters is 3. The van der Waals surface area contributed by atoms with Crippen LogP contribution in [0.5, 0.6) is 0 Å². The van der Waals surface area contributed by atoms with E-state index in [1.807, 2.05) is 0 Å². The average molecular weight is 491 g/mol. The Balaban J connectivity index is 1.47. The van der Waals surface area contributed by atoms with Gasteiger partial charge in [0.2, 0.25) is 0 Å². The second-order valence-corrected chi connectivity index (χ2v) is 12.2. The van der Waals surface area contributed by atoms with Crippen LogP contribution in [0.2, 0.25) is 0 Å². The highest BCUT2D eigenvalue weighted by Gasteiger charge is 2.70. The molecule has 0 aromatic rings. The monoisotopic (exact) mass is 490 g/mol. The standard InChI is InChI=1S/C27H38O8/c1-14(28)34-21-10-17-5-6-19-24(25(17,3)12-22(21)35-15(2)29)20(30)11-26(4)18(7-8-27(19,26)32)16-9-23(31)33-13-16/h9,17-22,24,30,32H,5-8,10-13H2,1-4H3/t17-,18-,19-,20+,21-,22-,24-,25+,26-,27+/m1/s1. The maximum absolute atomic E-state index is 12.3. The number of hydrogen-bond acceptors (Lipinski definition) is 8. The first-order valence-electron chi connectivity index (χ1n) is 13.0. The summed E-state index contributed by atoms with van der Waals surface area (Å²) < 4.78 is 16.4. The van der Waals surface area contributed by atoms with Gasteiger partial charge in [-0.25, -0.2) is 4.79 Å². The molecule has 10 atom stereocenters. The van der Waals surface area contributed by atoms with Crippen LogP contribution in [-0.2, 0) is 28.6 Å². The van der Waals surface area contributed by atoms with Crippen LogP contribution >= 0.6 is 0 Å². The van der Waals surface area contributed by atoms with Gasteiger partial charge >= 0.3 is 17.9 Å². The van der Waals surface area contributed by atoms with Crippen LogP contribution < -0.4 is 0 Å². The van der Waals surface area contributed by atoms with Crippen LogP contribution in [0.1, 0.15) is 72.6 Å². The van der Waals surface area contributed by atoms with E-state index in [4.69, 9.17) is 14.2 Å². The molecule has 35 heavy (non-hydrogen) atoms. The van der Waals surface area contributed by atoms with E-state index < -0.39 is 41.3 Å². The molecule has 4 saturated carbocycles. The summed E-state index contributed by atoms with van der Waals surface area (Å²) in [5, 5.41) is 24.1. The van der Waals surface area contributed by atoms with E-state index in [1.165, 1.54) is 13.8 Å². The van der Waals surface area contributed by atoms with Crippen molar-refractivity contribution in [2.45, 2.75) is 96.6 Å². The highest BCUT2D eigenvalue weighted by molar-refractivity contribution is 5.85. The van der Waals surface area contributed by atoms with Gasteiger partial charge in [0, 0.05) is 25.3 Å². The normalized spacial score (nSPS) is 48.7. The van der Waals surface area contributed by atoms with E-state index in [1.54, 1.807) is 6.08 Å². The lowest BCUT2D eigenvalue weighted by Gasteiger charge is -2.65. The van der Waals surface area contributed by atoms with Gasteiger partial charge in [0.25, 0.3) is 0 Å². The second-order valence-electron chi connectivity index (χ2n) is 12.2. The molecule has 0 spiro atoms. The average Bonchev–Trinajstić information content (AvgIpc) is 3.28. The van der Waals surface area contributed by atoms with Gasteiger partial charge in [0.1, 0.15) is 18.8 Å².